The highest BCUT2D eigenvalue weighted by atomic mass is 19.1. The molecule has 2 fully saturated rings. The summed E-state index contributed by atoms with van der Waals surface area (Å²) in [6.45, 7) is 0.302. The number of hydrazine groups is 1. The molecule has 0 unspecified atom stereocenters. The standard InChI is InChI=1S/C31H32FN5O4/c32-25-14-11-24(12-15-25)19-35-21-30(40)36-26(17-27(33)38)31(41)34(18-23-9-5-2-6-10-23)20-28(36)37(35)29(39)16-13-22-7-3-1-4-8-22/h1-12,14-15,26,28H,13,16-21H2,(H2,33,38)/t26-,28-/m0/s1. The van der Waals surface area contributed by atoms with Crippen LogP contribution in [0.2, 0.25) is 0 Å². The number of primary amides is 1. The number of carbonyl (C=O) groups is 4. The number of fused-ring (bicyclic) bond motifs is 1. The largest absolute Gasteiger partial charge is 0.370 e. The molecular weight excluding hydrogens is 525 g/mol. The third kappa shape index (κ3) is 6.44. The summed E-state index contributed by atoms with van der Waals surface area (Å²) in [5.41, 5.74) is 8.11. The molecular formula is C31H32FN5O4. The molecule has 0 radical (unpaired) electrons. The van der Waals surface area contributed by atoms with Gasteiger partial charge in [-0.3, -0.25) is 19.2 Å². The summed E-state index contributed by atoms with van der Waals surface area (Å²) in [4.78, 5) is 56.2. The minimum absolute atomic E-state index is 0.0612. The van der Waals surface area contributed by atoms with Crippen molar-refractivity contribution in [1.29, 1.82) is 0 Å². The highest BCUT2D eigenvalue weighted by Gasteiger charge is 2.51. The van der Waals surface area contributed by atoms with Gasteiger partial charge in [-0.25, -0.2) is 14.4 Å². The fraction of sp³-hybridized carbons (Fsp3) is 0.290. The van der Waals surface area contributed by atoms with Crippen LogP contribution in [0.15, 0.2) is 84.9 Å². The Balaban J connectivity index is 1.49. The molecule has 2 saturated heterocycles. The second-order valence-electron chi connectivity index (χ2n) is 10.3. The van der Waals surface area contributed by atoms with Gasteiger partial charge in [-0.2, -0.15) is 0 Å². The maximum atomic E-state index is 14.0. The van der Waals surface area contributed by atoms with Crippen molar-refractivity contribution in [3.05, 3.63) is 107 Å². The first-order chi connectivity index (χ1) is 19.8. The Kier molecular flexibility index (Phi) is 8.39. The molecule has 3 aromatic rings. The molecule has 41 heavy (non-hydrogen) atoms. The van der Waals surface area contributed by atoms with E-state index in [1.54, 1.807) is 27.1 Å². The lowest BCUT2D eigenvalue weighted by molar-refractivity contribution is -0.209. The molecule has 2 N–H and O–H groups in total. The molecule has 0 aromatic heterocycles. The van der Waals surface area contributed by atoms with Crippen molar-refractivity contribution < 1.29 is 23.6 Å². The summed E-state index contributed by atoms with van der Waals surface area (Å²) in [5, 5.41) is 3.20. The normalized spacial score (nSPS) is 19.3. The van der Waals surface area contributed by atoms with E-state index in [1.807, 2.05) is 60.7 Å². The van der Waals surface area contributed by atoms with Crippen LogP contribution < -0.4 is 5.73 Å². The molecule has 0 bridgehead atoms. The lowest BCUT2D eigenvalue weighted by Gasteiger charge is -2.55. The van der Waals surface area contributed by atoms with E-state index in [0.717, 1.165) is 16.7 Å². The molecule has 5 rings (SSSR count). The molecule has 2 aliphatic heterocycles. The zero-order valence-electron chi connectivity index (χ0n) is 22.6. The van der Waals surface area contributed by atoms with Gasteiger partial charge in [0.1, 0.15) is 18.0 Å². The molecule has 2 heterocycles. The van der Waals surface area contributed by atoms with E-state index in [9.17, 15) is 23.6 Å². The van der Waals surface area contributed by atoms with E-state index in [2.05, 4.69) is 0 Å². The first-order valence-electron chi connectivity index (χ1n) is 13.6. The van der Waals surface area contributed by atoms with Gasteiger partial charge in [0.15, 0.2) is 0 Å². The number of hydrogen-bond acceptors (Lipinski definition) is 5. The van der Waals surface area contributed by atoms with Gasteiger partial charge in [0, 0.05) is 19.5 Å². The van der Waals surface area contributed by atoms with E-state index in [1.165, 1.54) is 17.0 Å². The van der Waals surface area contributed by atoms with E-state index < -0.39 is 18.1 Å². The third-order valence-corrected chi connectivity index (χ3v) is 7.45. The number of benzene rings is 3. The first kappa shape index (κ1) is 28.0. The van der Waals surface area contributed by atoms with Crippen LogP contribution in [0.4, 0.5) is 4.39 Å². The predicted molar refractivity (Wildman–Crippen MR) is 149 cm³/mol. The van der Waals surface area contributed by atoms with Gasteiger partial charge in [0.2, 0.25) is 23.6 Å². The minimum atomic E-state index is -1.13. The zero-order valence-corrected chi connectivity index (χ0v) is 22.6. The Morgan fingerprint density at radius 1 is 0.829 bits per heavy atom. The fourth-order valence-electron chi connectivity index (χ4n) is 5.54. The van der Waals surface area contributed by atoms with Crippen molar-refractivity contribution in [2.45, 2.75) is 44.6 Å². The molecule has 2 aliphatic rings. The van der Waals surface area contributed by atoms with E-state index >= 15 is 0 Å². The Morgan fingerprint density at radius 2 is 1.44 bits per heavy atom. The predicted octanol–water partition coefficient (Wildman–Crippen LogP) is 2.46. The summed E-state index contributed by atoms with van der Waals surface area (Å²) < 4.78 is 13.6. The molecule has 3 aromatic carbocycles. The molecule has 0 saturated carbocycles. The van der Waals surface area contributed by atoms with Crippen molar-refractivity contribution in [3.8, 4) is 0 Å². The van der Waals surface area contributed by atoms with Crippen LogP contribution in [0.3, 0.4) is 0 Å². The van der Waals surface area contributed by atoms with Crippen LogP contribution >= 0.6 is 0 Å². The van der Waals surface area contributed by atoms with Crippen molar-refractivity contribution in [1.82, 2.24) is 19.8 Å². The highest BCUT2D eigenvalue weighted by Crippen LogP contribution is 2.30. The van der Waals surface area contributed by atoms with Gasteiger partial charge >= 0.3 is 0 Å². The number of nitrogens with two attached hydrogens (primary N) is 1. The number of hydrogen-bond donors (Lipinski definition) is 1. The van der Waals surface area contributed by atoms with Gasteiger partial charge in [-0.1, -0.05) is 72.8 Å². The van der Waals surface area contributed by atoms with Crippen LogP contribution in [-0.2, 0) is 38.7 Å². The lowest BCUT2D eigenvalue weighted by atomic mass is 10.0. The summed E-state index contributed by atoms with van der Waals surface area (Å²) in [6, 6.07) is 23.8. The van der Waals surface area contributed by atoms with E-state index in [-0.39, 0.29) is 62.6 Å². The number of carbonyl (C=O) groups excluding carboxylic acids is 4. The van der Waals surface area contributed by atoms with E-state index in [0.29, 0.717) is 6.42 Å². The summed E-state index contributed by atoms with van der Waals surface area (Å²) in [6.07, 6.45) is -0.546. The fourth-order valence-corrected chi connectivity index (χ4v) is 5.54. The molecule has 0 spiro atoms. The van der Waals surface area contributed by atoms with Gasteiger partial charge < -0.3 is 15.5 Å². The monoisotopic (exact) mass is 557 g/mol. The smallest absolute Gasteiger partial charge is 0.246 e. The quantitative estimate of drug-likeness (QED) is 0.435. The number of piperazine rings is 1. The van der Waals surface area contributed by atoms with Crippen molar-refractivity contribution in [2.24, 2.45) is 5.73 Å². The van der Waals surface area contributed by atoms with Crippen LogP contribution in [-0.4, -0.2) is 68.7 Å². The Morgan fingerprint density at radius 3 is 2.07 bits per heavy atom. The average Bonchev–Trinajstić information content (AvgIpc) is 2.96. The molecule has 0 aliphatic carbocycles. The summed E-state index contributed by atoms with van der Waals surface area (Å²) >= 11 is 0. The summed E-state index contributed by atoms with van der Waals surface area (Å²) in [7, 11) is 0. The van der Waals surface area contributed by atoms with Crippen molar-refractivity contribution >= 4 is 23.6 Å². The van der Waals surface area contributed by atoms with Crippen molar-refractivity contribution in [3.63, 3.8) is 0 Å². The average molecular weight is 558 g/mol. The van der Waals surface area contributed by atoms with Gasteiger partial charge in [0.05, 0.1) is 19.5 Å². The lowest BCUT2D eigenvalue weighted by Crippen LogP contribution is -2.75. The summed E-state index contributed by atoms with van der Waals surface area (Å²) in [5.74, 6) is -2.11. The minimum Gasteiger partial charge on any atom is -0.370 e. The Bertz CT molecular complexity index is 1400. The maximum Gasteiger partial charge on any atom is 0.246 e. The molecule has 10 heteroatoms. The molecule has 2 atom stereocenters. The van der Waals surface area contributed by atoms with Crippen LogP contribution in [0.1, 0.15) is 29.5 Å². The van der Waals surface area contributed by atoms with Crippen LogP contribution in [0, 0.1) is 5.82 Å². The molecule has 212 valence electrons. The first-order valence-corrected chi connectivity index (χ1v) is 13.6. The Hall–Kier alpha value is -4.57. The second-order valence-corrected chi connectivity index (χ2v) is 10.3. The highest BCUT2D eigenvalue weighted by molar-refractivity contribution is 5.94. The van der Waals surface area contributed by atoms with Crippen LogP contribution in [0.5, 0.6) is 0 Å². The molecule has 9 nitrogen and oxygen atoms in total. The topological polar surface area (TPSA) is 107 Å². The Labute approximate surface area is 237 Å². The third-order valence-electron chi connectivity index (χ3n) is 7.45. The van der Waals surface area contributed by atoms with Gasteiger partial charge in [-0.15, -0.1) is 0 Å². The maximum absolute atomic E-state index is 14.0. The zero-order chi connectivity index (χ0) is 28.9. The number of halogens is 1. The number of amides is 4. The van der Waals surface area contributed by atoms with Gasteiger partial charge in [-0.05, 0) is 35.2 Å². The van der Waals surface area contributed by atoms with Crippen molar-refractivity contribution in [2.75, 3.05) is 13.1 Å². The number of nitrogens with zero attached hydrogens (tertiary/aromatic N) is 4. The number of aryl methyl sites for hydroxylation is 1. The van der Waals surface area contributed by atoms with Crippen LogP contribution in [0.25, 0.3) is 0 Å². The van der Waals surface area contributed by atoms with E-state index in [4.69, 9.17) is 5.73 Å². The second kappa shape index (κ2) is 12.3. The van der Waals surface area contributed by atoms with Gasteiger partial charge in [0.25, 0.3) is 0 Å². The SMILES string of the molecule is NC(=O)C[C@H]1C(=O)N(Cc2ccccc2)C[C@H]2N1C(=O)CN(Cc1ccc(F)cc1)N2C(=O)CCc1ccccc1. The molecule has 4 amide bonds. The number of rotatable bonds is 9.